The summed E-state index contributed by atoms with van der Waals surface area (Å²) in [7, 11) is 0. The van der Waals surface area contributed by atoms with Gasteiger partial charge in [-0.25, -0.2) is 0 Å². The minimum Gasteiger partial charge on any atom is -0.134 e. The van der Waals surface area contributed by atoms with E-state index in [4.69, 9.17) is 0 Å². The van der Waals surface area contributed by atoms with E-state index in [9.17, 15) is 0 Å². The maximum absolute atomic E-state index is 2.63. The van der Waals surface area contributed by atoms with E-state index in [0.717, 1.165) is 0 Å². The van der Waals surface area contributed by atoms with Crippen LogP contribution in [0, 0.1) is 41.5 Å². The normalized spacial score (nSPS) is 13.1. The first kappa shape index (κ1) is 47.2. The molecule has 88 heavy (non-hydrogen) atoms. The fraction of sp³-hybridized carbons (Fsp3) is 0.0698. The van der Waals surface area contributed by atoms with Crippen molar-refractivity contribution in [1.29, 1.82) is 0 Å². The van der Waals surface area contributed by atoms with Crippen molar-refractivity contribution in [3.05, 3.63) is 228 Å². The van der Waals surface area contributed by atoms with Crippen LogP contribution in [-0.4, -0.2) is 0 Å². The summed E-state index contributed by atoms with van der Waals surface area (Å²) in [6.07, 6.45) is 0. The van der Waals surface area contributed by atoms with Gasteiger partial charge in [-0.05, 0) is 275 Å². The molecule has 2 heteroatoms. The van der Waals surface area contributed by atoms with E-state index in [2.05, 4.69) is 236 Å². The fourth-order valence-corrected chi connectivity index (χ4v) is 21.3. The number of fused-ring (bicyclic) bond motifs is 24. The lowest BCUT2D eigenvalue weighted by molar-refractivity contribution is 1.51. The Hall–Kier alpha value is -9.96. The van der Waals surface area contributed by atoms with E-state index in [-0.39, 0.29) is 0 Å². The molecule has 0 atom stereocenters. The van der Waals surface area contributed by atoms with Gasteiger partial charge in [0.05, 0.1) is 0 Å². The summed E-state index contributed by atoms with van der Waals surface area (Å²) in [5.41, 5.74) is 21.7. The average molecular weight is 1150 g/mol. The van der Waals surface area contributed by atoms with Crippen LogP contribution in [0.2, 0.25) is 0 Å². The predicted octanol–water partition coefficient (Wildman–Crippen LogP) is 25.9. The Balaban J connectivity index is 0.885. The summed E-state index contributed by atoms with van der Waals surface area (Å²) >= 11 is 4.09. The van der Waals surface area contributed by atoms with Crippen molar-refractivity contribution >= 4 is 192 Å². The van der Waals surface area contributed by atoms with Crippen LogP contribution in [0.3, 0.4) is 0 Å². The maximum Gasteiger partial charge on any atom is 0.0447 e. The van der Waals surface area contributed by atoms with E-state index in [0.29, 0.717) is 0 Å². The van der Waals surface area contributed by atoms with Crippen molar-refractivity contribution in [2.75, 3.05) is 0 Å². The van der Waals surface area contributed by atoms with Crippen molar-refractivity contribution in [2.45, 2.75) is 41.5 Å². The van der Waals surface area contributed by atoms with E-state index < -0.39 is 0 Å². The first-order valence-electron chi connectivity index (χ1n) is 31.1. The van der Waals surface area contributed by atoms with Crippen molar-refractivity contribution in [3.63, 3.8) is 0 Å². The average Bonchev–Trinajstić information content (AvgIpc) is 1.50. The van der Waals surface area contributed by atoms with E-state index in [1.54, 1.807) is 0 Å². The Morgan fingerprint density at radius 2 is 0.568 bits per heavy atom. The molecule has 20 aromatic rings. The number of thiophene rings is 2. The van der Waals surface area contributed by atoms with Gasteiger partial charge in [0.2, 0.25) is 0 Å². The zero-order valence-electron chi connectivity index (χ0n) is 49.3. The van der Waals surface area contributed by atoms with E-state index >= 15 is 0 Å². The summed E-state index contributed by atoms with van der Waals surface area (Å²) < 4.78 is 5.60. The summed E-state index contributed by atoms with van der Waals surface area (Å²) in [6.45, 7) is 14.2. The second kappa shape index (κ2) is 15.8. The molecule has 0 N–H and O–H groups in total. The molecule has 0 spiro atoms. The molecule has 0 saturated carbocycles. The van der Waals surface area contributed by atoms with Crippen molar-refractivity contribution in [1.82, 2.24) is 0 Å². The number of rotatable bonds is 1. The van der Waals surface area contributed by atoms with Gasteiger partial charge in [-0.3, -0.25) is 0 Å². The third kappa shape index (κ3) is 5.38. The molecule has 2 aromatic heterocycles. The standard InChI is InChI=1S/C86H50S2/c1-39-31-60-43(5)63-38-65(66-36-48-30-42(4)70-68-34-46-18-8-10-21-51(46)55-26-16-28-58(74(55)68)78(70)72(48)84-82(66)81(63)85(88-84)75(60)53-23-13-11-19-49(39)53)64-37-62-44(6)61-32-40(2)59-35-47-29-41(3)69-67-33-45-17-7-9-20-50(45)54-25-15-27-57(73(54)67)77(69)71(47)83-79(59)80(61)86(87-83)76(62)56-24-14-12-22-52(56)64/h7-38H,1-6H3. The number of benzene rings is 18. The van der Waals surface area contributed by atoms with Crippen LogP contribution >= 0.6 is 22.7 Å². The van der Waals surface area contributed by atoms with Crippen LogP contribution in [0.5, 0.6) is 0 Å². The largest absolute Gasteiger partial charge is 0.134 e. The third-order valence-corrected chi connectivity index (χ3v) is 24.4. The first-order chi connectivity index (χ1) is 43.2. The highest BCUT2D eigenvalue weighted by Gasteiger charge is 2.33. The molecular formula is C86H50S2. The van der Waals surface area contributed by atoms with Crippen molar-refractivity contribution in [3.8, 4) is 55.6 Å². The van der Waals surface area contributed by atoms with Gasteiger partial charge in [-0.15, -0.1) is 22.7 Å². The molecule has 22 rings (SSSR count). The van der Waals surface area contributed by atoms with Crippen LogP contribution in [0.15, 0.2) is 194 Å². The van der Waals surface area contributed by atoms with Crippen molar-refractivity contribution in [2.24, 2.45) is 0 Å². The maximum atomic E-state index is 2.63. The molecule has 0 amide bonds. The van der Waals surface area contributed by atoms with Gasteiger partial charge < -0.3 is 0 Å². The van der Waals surface area contributed by atoms with Crippen molar-refractivity contribution < 1.29 is 0 Å². The SMILES string of the molecule is Cc1cc2cc3c(C)cc4c(C)c5cc(-c6cc7c(C)c8cc(C)c9ccccc9c8c8sc9c%10c%11c(c(C)cc%10cc6c9c78)-c6cc7ccccc7c7cccc-%11c67)c6ccccc6c5c5sc(c2c2c1-c1cc6ccccc6c6cccc-2c16)c3c45. The highest BCUT2D eigenvalue weighted by molar-refractivity contribution is 7.28. The Labute approximate surface area is 513 Å². The first-order valence-corrected chi connectivity index (χ1v) is 32.8. The van der Waals surface area contributed by atoms with Crippen LogP contribution in [0.4, 0.5) is 0 Å². The van der Waals surface area contributed by atoms with Gasteiger partial charge >= 0.3 is 0 Å². The third-order valence-electron chi connectivity index (χ3n) is 21.9. The molecule has 0 nitrogen and oxygen atoms in total. The Morgan fingerprint density at radius 3 is 1.12 bits per heavy atom. The molecule has 2 heterocycles. The Morgan fingerprint density at radius 1 is 0.193 bits per heavy atom. The van der Waals surface area contributed by atoms with Crippen LogP contribution in [0.1, 0.15) is 33.4 Å². The molecule has 0 saturated heterocycles. The molecule has 0 radical (unpaired) electrons. The molecule has 0 bridgehead atoms. The monoisotopic (exact) mass is 1150 g/mol. The molecule has 0 aliphatic heterocycles. The zero-order chi connectivity index (χ0) is 57.8. The quantitative estimate of drug-likeness (QED) is 0.114. The minimum atomic E-state index is 1.30. The highest BCUT2D eigenvalue weighted by Crippen LogP contribution is 2.62. The van der Waals surface area contributed by atoms with E-state index in [1.807, 2.05) is 22.7 Å². The molecule has 406 valence electrons. The van der Waals surface area contributed by atoms with E-state index in [1.165, 1.54) is 259 Å². The van der Waals surface area contributed by atoms with Crippen LogP contribution < -0.4 is 0 Å². The van der Waals surface area contributed by atoms with Crippen LogP contribution in [-0.2, 0) is 0 Å². The molecule has 2 aliphatic rings. The Kier molecular flexibility index (Phi) is 8.46. The number of hydrogen-bond donors (Lipinski definition) is 0. The minimum absolute atomic E-state index is 1.30. The van der Waals surface area contributed by atoms with Gasteiger partial charge in [0.1, 0.15) is 0 Å². The van der Waals surface area contributed by atoms with Gasteiger partial charge in [-0.2, -0.15) is 0 Å². The second-order valence-electron chi connectivity index (χ2n) is 26.2. The Bertz CT molecular complexity index is 6840. The second-order valence-corrected chi connectivity index (χ2v) is 28.3. The lowest BCUT2D eigenvalue weighted by Crippen LogP contribution is -1.94. The summed E-state index contributed by atoms with van der Waals surface area (Å²) in [6, 6.07) is 76.1. The molecule has 0 unspecified atom stereocenters. The van der Waals surface area contributed by atoms with Gasteiger partial charge in [0.15, 0.2) is 0 Å². The number of aryl methyl sites for hydroxylation is 6. The number of hydrogen-bond acceptors (Lipinski definition) is 2. The molecule has 0 fully saturated rings. The van der Waals surface area contributed by atoms with Crippen LogP contribution in [0.25, 0.3) is 225 Å². The van der Waals surface area contributed by atoms with Gasteiger partial charge in [-0.1, -0.05) is 158 Å². The molecule has 18 aromatic carbocycles. The summed E-state index contributed by atoms with van der Waals surface area (Å²) in [5.74, 6) is 0. The smallest absolute Gasteiger partial charge is 0.0447 e. The fourth-order valence-electron chi connectivity index (χ4n) is 18.3. The van der Waals surface area contributed by atoms with Gasteiger partial charge in [0, 0.05) is 61.9 Å². The predicted molar refractivity (Wildman–Crippen MR) is 387 cm³/mol. The zero-order valence-corrected chi connectivity index (χ0v) is 50.9. The highest BCUT2D eigenvalue weighted by atomic mass is 32.1. The summed E-state index contributed by atoms with van der Waals surface area (Å²) in [5, 5.41) is 38.0. The topological polar surface area (TPSA) is 0 Å². The van der Waals surface area contributed by atoms with Gasteiger partial charge in [0.25, 0.3) is 0 Å². The summed E-state index contributed by atoms with van der Waals surface area (Å²) in [4.78, 5) is 0. The molecule has 2 aliphatic carbocycles. The lowest BCUT2D eigenvalue weighted by Gasteiger charge is -2.20. The lowest BCUT2D eigenvalue weighted by atomic mass is 9.82. The molecular weight excluding hydrogens is 1100 g/mol.